The lowest BCUT2D eigenvalue weighted by atomic mass is 9.98. The van der Waals surface area contributed by atoms with E-state index in [-0.39, 0.29) is 52.5 Å². The Morgan fingerprint density at radius 3 is 2.38 bits per heavy atom. The number of esters is 1. The van der Waals surface area contributed by atoms with E-state index in [4.69, 9.17) is 25.8 Å². The van der Waals surface area contributed by atoms with Gasteiger partial charge < -0.3 is 19.1 Å². The average molecular weight is 604 g/mol. The summed E-state index contributed by atoms with van der Waals surface area (Å²) in [6.07, 6.45) is -3.53. The molecule has 0 aliphatic rings. The summed E-state index contributed by atoms with van der Waals surface area (Å²) in [5.41, 5.74) is -1.67. The van der Waals surface area contributed by atoms with E-state index in [9.17, 15) is 28.0 Å². The molecule has 2 aromatic carbocycles. The quantitative estimate of drug-likeness (QED) is 0.190. The second kappa shape index (κ2) is 13.1. The van der Waals surface area contributed by atoms with Gasteiger partial charge in [-0.1, -0.05) is 23.7 Å². The van der Waals surface area contributed by atoms with Crippen LogP contribution in [0, 0.1) is 11.3 Å². The van der Waals surface area contributed by atoms with Crippen molar-refractivity contribution in [2.45, 2.75) is 45.4 Å². The Labute approximate surface area is 246 Å². The number of alkyl halides is 3. The summed E-state index contributed by atoms with van der Waals surface area (Å²) in [5.74, 6) is -0.484. The third-order valence-corrected chi connectivity index (χ3v) is 6.17. The van der Waals surface area contributed by atoms with Gasteiger partial charge in [-0.3, -0.25) is 14.6 Å². The summed E-state index contributed by atoms with van der Waals surface area (Å²) in [5, 5.41) is 9.61. The number of pyridine rings is 1. The van der Waals surface area contributed by atoms with E-state index in [1.165, 1.54) is 31.2 Å². The summed E-state index contributed by atoms with van der Waals surface area (Å²) >= 11 is 6.52. The predicted molar refractivity (Wildman–Crippen MR) is 151 cm³/mol. The number of para-hydroxylation sites is 2. The minimum absolute atomic E-state index is 0.000899. The van der Waals surface area contributed by atoms with E-state index < -0.39 is 29.3 Å². The highest BCUT2D eigenvalue weighted by Crippen LogP contribution is 2.39. The van der Waals surface area contributed by atoms with Gasteiger partial charge in [0.05, 0.1) is 41.6 Å². The van der Waals surface area contributed by atoms with Gasteiger partial charge in [0.2, 0.25) is 0 Å². The molecule has 0 aliphatic heterocycles. The number of nitrogens with zero attached hydrogens (tertiary/aromatic N) is 3. The molecule has 0 unspecified atom stereocenters. The summed E-state index contributed by atoms with van der Waals surface area (Å²) in [6, 6.07) is 11.8. The Hall–Kier alpha value is -4.30. The van der Waals surface area contributed by atoms with Gasteiger partial charge in [-0.25, -0.2) is 0 Å². The molecule has 3 aromatic rings. The van der Waals surface area contributed by atoms with Crippen molar-refractivity contribution in [3.8, 4) is 28.7 Å². The Morgan fingerprint density at radius 2 is 1.76 bits per heavy atom. The summed E-state index contributed by atoms with van der Waals surface area (Å²) in [6.45, 7) is 5.29. The van der Waals surface area contributed by atoms with E-state index >= 15 is 0 Å². The van der Waals surface area contributed by atoms with Gasteiger partial charge in [-0.15, -0.1) is 0 Å². The number of hydrogen-bond donors (Lipinski definition) is 0. The van der Waals surface area contributed by atoms with Gasteiger partial charge in [0.15, 0.2) is 0 Å². The fourth-order valence-electron chi connectivity index (χ4n) is 3.95. The van der Waals surface area contributed by atoms with Gasteiger partial charge in [0.1, 0.15) is 22.8 Å². The molecule has 222 valence electrons. The third kappa shape index (κ3) is 7.91. The fraction of sp³-hybridized carbons (Fsp3) is 0.333. The molecule has 0 bridgehead atoms. The largest absolute Gasteiger partial charge is 0.495 e. The Kier molecular flexibility index (Phi) is 10.1. The smallest absolute Gasteiger partial charge is 0.433 e. The topological polar surface area (TPSA) is 102 Å². The Balaban J connectivity index is 2.04. The van der Waals surface area contributed by atoms with Crippen LogP contribution in [0.1, 0.15) is 55.2 Å². The molecule has 42 heavy (non-hydrogen) atoms. The Bertz CT molecular complexity index is 1510. The van der Waals surface area contributed by atoms with Crippen LogP contribution >= 0.6 is 11.6 Å². The number of halogens is 4. The van der Waals surface area contributed by atoms with Crippen LogP contribution in [0.4, 0.5) is 18.9 Å². The zero-order valence-corrected chi connectivity index (χ0v) is 24.4. The predicted octanol–water partition coefficient (Wildman–Crippen LogP) is 7.08. The third-order valence-electron chi connectivity index (χ3n) is 5.86. The molecule has 0 radical (unpaired) electrons. The van der Waals surface area contributed by atoms with Crippen molar-refractivity contribution < 1.29 is 37.0 Å². The Morgan fingerprint density at radius 1 is 1.07 bits per heavy atom. The van der Waals surface area contributed by atoms with E-state index in [1.807, 2.05) is 0 Å². The van der Waals surface area contributed by atoms with Crippen molar-refractivity contribution in [2.75, 3.05) is 25.7 Å². The molecule has 0 N–H and O–H groups in total. The molecule has 0 fully saturated rings. The molecule has 3 rings (SSSR count). The molecule has 0 atom stereocenters. The zero-order valence-electron chi connectivity index (χ0n) is 23.6. The lowest BCUT2D eigenvalue weighted by molar-refractivity contribution is -0.155. The number of benzene rings is 2. The van der Waals surface area contributed by atoms with Gasteiger partial charge >= 0.3 is 12.1 Å². The van der Waals surface area contributed by atoms with Crippen molar-refractivity contribution >= 4 is 29.2 Å². The standard InChI is InChI=1S/C30H29ClF3N3O5/c1-29(2,3)42-27(38)11-8-12-41-25-15-22(31)19(21-17-36-26(30(32,33)34)13-18(21)16-35)14-20(25)28(39)37(4)23-9-6-7-10-24(23)40-5/h6-7,9-10,13-15,17H,8,11-12H2,1-5H3. The second-order valence-corrected chi connectivity index (χ2v) is 10.5. The number of nitriles is 1. The molecule has 12 heteroatoms. The van der Waals surface area contributed by atoms with Crippen molar-refractivity contribution in [3.05, 3.63) is 70.5 Å². The maximum Gasteiger partial charge on any atom is 0.433 e. The maximum atomic E-state index is 13.8. The zero-order chi connectivity index (χ0) is 31.2. The van der Waals surface area contributed by atoms with Crippen LogP contribution in [0.15, 0.2) is 48.7 Å². The van der Waals surface area contributed by atoms with Crippen LogP contribution < -0.4 is 14.4 Å². The lowest BCUT2D eigenvalue weighted by Gasteiger charge is -2.22. The van der Waals surface area contributed by atoms with Gasteiger partial charge in [0, 0.05) is 36.9 Å². The van der Waals surface area contributed by atoms with Gasteiger partial charge in [-0.05, 0) is 51.5 Å². The van der Waals surface area contributed by atoms with E-state index in [1.54, 1.807) is 51.1 Å². The number of ether oxygens (including phenoxy) is 3. The minimum atomic E-state index is -4.76. The first kappa shape index (κ1) is 32.2. The first-order valence-corrected chi connectivity index (χ1v) is 13.1. The molecule has 0 spiro atoms. The highest BCUT2D eigenvalue weighted by atomic mass is 35.5. The van der Waals surface area contributed by atoms with Crippen LogP contribution in [0.5, 0.6) is 11.5 Å². The first-order chi connectivity index (χ1) is 19.7. The van der Waals surface area contributed by atoms with Crippen LogP contribution in [-0.2, 0) is 15.7 Å². The number of carbonyl (C=O) groups excluding carboxylic acids is 2. The van der Waals surface area contributed by atoms with E-state index in [0.717, 1.165) is 6.20 Å². The number of rotatable bonds is 9. The van der Waals surface area contributed by atoms with Crippen molar-refractivity contribution in [3.63, 3.8) is 0 Å². The first-order valence-electron chi connectivity index (χ1n) is 12.7. The fourth-order valence-corrected chi connectivity index (χ4v) is 4.21. The van der Waals surface area contributed by atoms with E-state index in [0.29, 0.717) is 17.5 Å². The van der Waals surface area contributed by atoms with Gasteiger partial charge in [-0.2, -0.15) is 18.4 Å². The summed E-state index contributed by atoms with van der Waals surface area (Å²) in [7, 11) is 2.97. The minimum Gasteiger partial charge on any atom is -0.495 e. The number of amides is 1. The maximum absolute atomic E-state index is 13.8. The summed E-state index contributed by atoms with van der Waals surface area (Å²) in [4.78, 5) is 30.7. The monoisotopic (exact) mass is 603 g/mol. The molecular weight excluding hydrogens is 575 g/mol. The molecule has 1 heterocycles. The van der Waals surface area contributed by atoms with Gasteiger partial charge in [0.25, 0.3) is 5.91 Å². The normalized spacial score (nSPS) is 11.4. The molecule has 1 aromatic heterocycles. The average Bonchev–Trinajstić information content (AvgIpc) is 2.92. The highest BCUT2D eigenvalue weighted by Gasteiger charge is 2.33. The molecule has 0 saturated carbocycles. The van der Waals surface area contributed by atoms with Crippen LogP contribution in [-0.4, -0.2) is 43.2 Å². The SMILES string of the molecule is COc1ccccc1N(C)C(=O)c1cc(-c2cnc(C(F)(F)F)cc2C#N)c(Cl)cc1OCCCC(=O)OC(C)(C)C. The van der Waals surface area contributed by atoms with Crippen LogP contribution in [0.3, 0.4) is 0 Å². The van der Waals surface area contributed by atoms with Crippen molar-refractivity contribution in [1.82, 2.24) is 4.98 Å². The van der Waals surface area contributed by atoms with Crippen LogP contribution in [0.2, 0.25) is 5.02 Å². The number of hydrogen-bond acceptors (Lipinski definition) is 7. The number of anilines is 1. The molecule has 8 nitrogen and oxygen atoms in total. The highest BCUT2D eigenvalue weighted by molar-refractivity contribution is 6.34. The van der Waals surface area contributed by atoms with E-state index in [2.05, 4.69) is 4.98 Å². The number of methoxy groups -OCH3 is 1. The van der Waals surface area contributed by atoms with Crippen molar-refractivity contribution in [2.24, 2.45) is 0 Å². The van der Waals surface area contributed by atoms with Crippen LogP contribution in [0.25, 0.3) is 11.1 Å². The molecule has 0 saturated heterocycles. The molecular formula is C30H29ClF3N3O5. The summed E-state index contributed by atoms with van der Waals surface area (Å²) < 4.78 is 56.2. The second-order valence-electron chi connectivity index (χ2n) is 10.1. The molecule has 0 aliphatic carbocycles. The number of aromatic nitrogens is 1. The lowest BCUT2D eigenvalue weighted by Crippen LogP contribution is -2.27. The number of carbonyl (C=O) groups is 2. The van der Waals surface area contributed by atoms with Crippen molar-refractivity contribution in [1.29, 1.82) is 5.26 Å². The molecule has 1 amide bonds.